The standard InChI is InChI=1S/C8H15N5O3/c1-2-16-7(14)4-3-6-5-13(10,15)8(9)12-11-6/h2-5,10H2,1H3,(H2,9,12). The molecule has 0 bridgehead atoms. The number of hydrogen-bond donors (Lipinski definition) is 2. The minimum Gasteiger partial charge on any atom is -0.604 e. The highest BCUT2D eigenvalue weighted by Gasteiger charge is 2.25. The van der Waals surface area contributed by atoms with Crippen LogP contribution in [0.2, 0.25) is 0 Å². The number of esters is 1. The number of nitrogens with zero attached hydrogens (tertiary/aromatic N) is 3. The lowest BCUT2D eigenvalue weighted by Gasteiger charge is -2.35. The van der Waals surface area contributed by atoms with Crippen LogP contribution in [0.5, 0.6) is 0 Å². The molecule has 8 nitrogen and oxygen atoms in total. The van der Waals surface area contributed by atoms with Crippen molar-refractivity contribution in [1.82, 2.24) is 0 Å². The number of ether oxygens (including phenoxy) is 1. The van der Waals surface area contributed by atoms with E-state index in [0.29, 0.717) is 18.7 Å². The first-order chi connectivity index (χ1) is 7.45. The Bertz CT molecular complexity index is 337. The van der Waals surface area contributed by atoms with Crippen molar-refractivity contribution in [2.45, 2.75) is 19.8 Å². The van der Waals surface area contributed by atoms with Gasteiger partial charge in [-0.25, -0.2) is 4.76 Å². The van der Waals surface area contributed by atoms with Crippen molar-refractivity contribution in [2.24, 2.45) is 21.8 Å². The first kappa shape index (κ1) is 12.6. The van der Waals surface area contributed by atoms with E-state index in [1.165, 1.54) is 0 Å². The van der Waals surface area contributed by atoms with Crippen LogP contribution in [-0.4, -0.2) is 35.5 Å². The van der Waals surface area contributed by atoms with Crippen molar-refractivity contribution in [3.05, 3.63) is 5.21 Å². The van der Waals surface area contributed by atoms with Gasteiger partial charge in [0, 0.05) is 6.42 Å². The largest absolute Gasteiger partial charge is 0.604 e. The van der Waals surface area contributed by atoms with Gasteiger partial charge in [0.2, 0.25) is 0 Å². The molecule has 1 rings (SSSR count). The first-order valence-corrected chi connectivity index (χ1v) is 4.88. The Morgan fingerprint density at radius 3 is 2.88 bits per heavy atom. The molecular weight excluding hydrogens is 214 g/mol. The maximum atomic E-state index is 11.5. The van der Waals surface area contributed by atoms with Gasteiger partial charge < -0.3 is 15.7 Å². The smallest absolute Gasteiger partial charge is 0.338 e. The summed E-state index contributed by atoms with van der Waals surface area (Å²) >= 11 is 0. The monoisotopic (exact) mass is 229 g/mol. The number of guanidine groups is 1. The lowest BCUT2D eigenvalue weighted by Crippen LogP contribution is -2.60. The van der Waals surface area contributed by atoms with Crippen LogP contribution in [0, 0.1) is 5.21 Å². The van der Waals surface area contributed by atoms with Crippen molar-refractivity contribution < 1.29 is 14.3 Å². The van der Waals surface area contributed by atoms with E-state index < -0.39 is 4.76 Å². The second-order valence-corrected chi connectivity index (χ2v) is 3.38. The summed E-state index contributed by atoms with van der Waals surface area (Å²) in [4.78, 5) is 11.1. The molecule has 0 radical (unpaired) electrons. The van der Waals surface area contributed by atoms with Gasteiger partial charge in [0.15, 0.2) is 0 Å². The van der Waals surface area contributed by atoms with Gasteiger partial charge >= 0.3 is 11.9 Å². The molecule has 1 unspecified atom stereocenters. The van der Waals surface area contributed by atoms with Crippen LogP contribution < -0.4 is 11.6 Å². The average molecular weight is 229 g/mol. The van der Waals surface area contributed by atoms with Gasteiger partial charge in [-0.2, -0.15) is 5.84 Å². The molecular formula is C8H15N5O3. The Morgan fingerprint density at radius 2 is 2.31 bits per heavy atom. The fourth-order valence-corrected chi connectivity index (χ4v) is 1.19. The van der Waals surface area contributed by atoms with E-state index in [1.807, 2.05) is 0 Å². The molecule has 8 heteroatoms. The number of quaternary nitrogens is 1. The molecule has 0 fully saturated rings. The summed E-state index contributed by atoms with van der Waals surface area (Å²) in [5.41, 5.74) is 5.71. The summed E-state index contributed by atoms with van der Waals surface area (Å²) in [7, 11) is 0. The number of hydroxylamine groups is 2. The SMILES string of the molecule is CCOC(=O)CCC1=NN=C(N)[N+](N)([O-])C1. The Hall–Kier alpha value is -1.51. The van der Waals surface area contributed by atoms with Crippen LogP contribution in [0.1, 0.15) is 19.8 Å². The molecule has 0 saturated heterocycles. The number of hydrogen-bond acceptors (Lipinski definition) is 7. The Kier molecular flexibility index (Phi) is 3.93. The first-order valence-electron chi connectivity index (χ1n) is 4.88. The fraction of sp³-hybridized carbons (Fsp3) is 0.625. The molecule has 0 aromatic rings. The molecule has 1 atom stereocenters. The molecule has 0 aromatic heterocycles. The lowest BCUT2D eigenvalue weighted by atomic mass is 10.2. The summed E-state index contributed by atoms with van der Waals surface area (Å²) in [5, 5.41) is 18.7. The third-order valence-electron chi connectivity index (χ3n) is 2.02. The van der Waals surface area contributed by atoms with E-state index in [1.54, 1.807) is 6.92 Å². The summed E-state index contributed by atoms with van der Waals surface area (Å²) in [6, 6.07) is 0. The highest BCUT2D eigenvalue weighted by molar-refractivity contribution is 5.91. The zero-order valence-corrected chi connectivity index (χ0v) is 9.05. The van der Waals surface area contributed by atoms with Crippen molar-refractivity contribution in [3.8, 4) is 0 Å². The highest BCUT2D eigenvalue weighted by Crippen LogP contribution is 2.07. The highest BCUT2D eigenvalue weighted by atomic mass is 16.6. The van der Waals surface area contributed by atoms with Gasteiger partial charge in [-0.1, -0.05) is 5.10 Å². The molecule has 0 aliphatic carbocycles. The van der Waals surface area contributed by atoms with Crippen molar-refractivity contribution >= 4 is 17.6 Å². The molecule has 1 aliphatic rings. The van der Waals surface area contributed by atoms with Crippen molar-refractivity contribution in [1.29, 1.82) is 0 Å². The van der Waals surface area contributed by atoms with E-state index >= 15 is 0 Å². The summed E-state index contributed by atoms with van der Waals surface area (Å²) in [6.45, 7) is 1.96. The minimum absolute atomic E-state index is 0.0886. The molecule has 1 heterocycles. The quantitative estimate of drug-likeness (QED) is 0.282. The predicted molar refractivity (Wildman–Crippen MR) is 57.6 cm³/mol. The molecule has 90 valence electrons. The van der Waals surface area contributed by atoms with Crippen LogP contribution in [0.4, 0.5) is 0 Å². The number of rotatable bonds is 4. The average Bonchev–Trinajstić information content (AvgIpc) is 2.20. The summed E-state index contributed by atoms with van der Waals surface area (Å²) in [6.07, 6.45) is 0.456. The van der Waals surface area contributed by atoms with E-state index in [-0.39, 0.29) is 24.9 Å². The molecule has 16 heavy (non-hydrogen) atoms. The van der Waals surface area contributed by atoms with Crippen molar-refractivity contribution in [2.75, 3.05) is 13.2 Å². The predicted octanol–water partition coefficient (Wildman–Crippen LogP) is -0.798. The third-order valence-corrected chi connectivity index (χ3v) is 2.02. The number of nitrogens with two attached hydrogens (primary N) is 2. The number of carbonyl (C=O) groups is 1. The van der Waals surface area contributed by atoms with Crippen molar-refractivity contribution in [3.63, 3.8) is 0 Å². The molecule has 1 aliphatic heterocycles. The van der Waals surface area contributed by atoms with Gasteiger partial charge in [-0.05, 0) is 6.92 Å². The molecule has 0 spiro atoms. The van der Waals surface area contributed by atoms with Gasteiger partial charge in [0.25, 0.3) is 0 Å². The fourth-order valence-electron chi connectivity index (χ4n) is 1.19. The molecule has 0 aromatic carbocycles. The van der Waals surface area contributed by atoms with Crippen LogP contribution in [-0.2, 0) is 9.53 Å². The van der Waals surface area contributed by atoms with Gasteiger partial charge in [0.1, 0.15) is 6.54 Å². The van der Waals surface area contributed by atoms with Gasteiger partial charge in [0.05, 0.1) is 18.7 Å². The third kappa shape index (κ3) is 3.26. The number of carbonyl (C=O) groups excluding carboxylic acids is 1. The maximum absolute atomic E-state index is 11.5. The van der Waals surface area contributed by atoms with E-state index in [9.17, 15) is 10.0 Å². The second-order valence-electron chi connectivity index (χ2n) is 3.38. The molecule has 0 amide bonds. The second kappa shape index (κ2) is 5.01. The zero-order chi connectivity index (χ0) is 12.2. The van der Waals surface area contributed by atoms with Gasteiger partial charge in [-0.15, -0.1) is 5.10 Å². The minimum atomic E-state index is -1.26. The zero-order valence-electron chi connectivity index (χ0n) is 9.05. The van der Waals surface area contributed by atoms with Crippen LogP contribution in [0.15, 0.2) is 10.2 Å². The van der Waals surface area contributed by atoms with E-state index in [2.05, 4.69) is 10.2 Å². The van der Waals surface area contributed by atoms with Gasteiger partial charge in [-0.3, -0.25) is 4.79 Å². The summed E-state index contributed by atoms with van der Waals surface area (Å²) in [5.74, 6) is 4.68. The molecule has 4 N–H and O–H groups in total. The van der Waals surface area contributed by atoms with E-state index in [0.717, 1.165) is 0 Å². The lowest BCUT2D eigenvalue weighted by molar-refractivity contribution is -0.794. The Balaban J connectivity index is 2.48. The maximum Gasteiger partial charge on any atom is 0.338 e. The van der Waals surface area contributed by atoms with E-state index in [4.69, 9.17) is 16.3 Å². The Labute approximate surface area is 92.7 Å². The summed E-state index contributed by atoms with van der Waals surface area (Å²) < 4.78 is 3.47. The topological polar surface area (TPSA) is 126 Å². The normalized spacial score (nSPS) is 24.7. The Morgan fingerprint density at radius 1 is 1.62 bits per heavy atom. The van der Waals surface area contributed by atoms with Crippen LogP contribution >= 0.6 is 0 Å². The van der Waals surface area contributed by atoms with Crippen LogP contribution in [0.3, 0.4) is 0 Å². The molecule has 0 saturated carbocycles. The van der Waals surface area contributed by atoms with Crippen LogP contribution in [0.25, 0.3) is 0 Å².